The summed E-state index contributed by atoms with van der Waals surface area (Å²) in [6.45, 7) is 3.65. The van der Waals surface area contributed by atoms with Crippen LogP contribution in [0, 0.1) is 0 Å². The maximum absolute atomic E-state index is 12.9. The van der Waals surface area contributed by atoms with E-state index in [9.17, 15) is 30.3 Å². The molecule has 6 N–H and O–H groups in total. The zero-order valence-electron chi connectivity index (χ0n) is 45.0. The Kier molecular flexibility index (Phi) is 47.1. The largest absolute Gasteiger partial charge is 0.394 e. The van der Waals surface area contributed by atoms with Crippen LogP contribution in [0.25, 0.3) is 0 Å². The fourth-order valence-electron chi connectivity index (χ4n) is 8.99. The van der Waals surface area contributed by atoms with Crippen LogP contribution >= 0.6 is 0 Å². The van der Waals surface area contributed by atoms with E-state index >= 15 is 0 Å². The van der Waals surface area contributed by atoms with Gasteiger partial charge in [0.05, 0.1) is 25.4 Å². The summed E-state index contributed by atoms with van der Waals surface area (Å²) in [4.78, 5) is 12.9. The minimum atomic E-state index is -1.55. The van der Waals surface area contributed by atoms with E-state index in [1.165, 1.54) is 148 Å². The molecule has 1 heterocycles. The van der Waals surface area contributed by atoms with Crippen molar-refractivity contribution in [1.82, 2.24) is 5.32 Å². The minimum Gasteiger partial charge on any atom is -0.394 e. The van der Waals surface area contributed by atoms with Crippen LogP contribution < -0.4 is 5.32 Å². The van der Waals surface area contributed by atoms with Crippen LogP contribution in [0.3, 0.4) is 0 Å². The first-order valence-electron chi connectivity index (χ1n) is 29.1. The molecule has 0 aromatic carbocycles. The second-order valence-electron chi connectivity index (χ2n) is 20.1. The smallest absolute Gasteiger partial charge is 0.220 e. The molecule has 1 aliphatic rings. The highest BCUT2D eigenvalue weighted by atomic mass is 16.7. The first-order chi connectivity index (χ1) is 34.3. The van der Waals surface area contributed by atoms with Gasteiger partial charge in [-0.2, -0.15) is 0 Å². The van der Waals surface area contributed by atoms with Gasteiger partial charge in [0.15, 0.2) is 6.29 Å². The molecular formula is C61H109NO8. The molecule has 0 spiro atoms. The Morgan fingerprint density at radius 3 is 1.31 bits per heavy atom. The highest BCUT2D eigenvalue weighted by molar-refractivity contribution is 5.76. The van der Waals surface area contributed by atoms with Gasteiger partial charge >= 0.3 is 0 Å². The maximum Gasteiger partial charge on any atom is 0.220 e. The molecule has 7 atom stereocenters. The molecule has 1 amide bonds. The van der Waals surface area contributed by atoms with Crippen LogP contribution in [0.2, 0.25) is 0 Å². The molecule has 1 saturated heterocycles. The summed E-state index contributed by atoms with van der Waals surface area (Å²) in [5.74, 6) is -0.148. The van der Waals surface area contributed by atoms with Crippen LogP contribution in [-0.2, 0) is 14.3 Å². The molecule has 0 radical (unpaired) electrons. The van der Waals surface area contributed by atoms with Gasteiger partial charge in [-0.3, -0.25) is 4.79 Å². The number of ether oxygens (including phenoxy) is 2. The number of aliphatic hydroxyl groups excluding tert-OH is 5. The normalized spacial score (nSPS) is 19.9. The molecular weight excluding hydrogens is 875 g/mol. The van der Waals surface area contributed by atoms with Crippen molar-refractivity contribution < 1.29 is 39.8 Å². The van der Waals surface area contributed by atoms with Gasteiger partial charge in [-0.15, -0.1) is 0 Å². The summed E-state index contributed by atoms with van der Waals surface area (Å²) in [7, 11) is 0. The van der Waals surface area contributed by atoms with E-state index in [-0.39, 0.29) is 12.5 Å². The average Bonchev–Trinajstić information content (AvgIpc) is 3.36. The predicted molar refractivity (Wildman–Crippen MR) is 295 cm³/mol. The zero-order valence-corrected chi connectivity index (χ0v) is 45.0. The summed E-state index contributed by atoms with van der Waals surface area (Å²) >= 11 is 0. The average molecular weight is 985 g/mol. The van der Waals surface area contributed by atoms with E-state index in [1.54, 1.807) is 0 Å². The fourth-order valence-corrected chi connectivity index (χ4v) is 8.99. The number of carbonyl (C=O) groups excluding carboxylic acids is 1. The van der Waals surface area contributed by atoms with Gasteiger partial charge in [-0.1, -0.05) is 254 Å². The summed E-state index contributed by atoms with van der Waals surface area (Å²) in [5, 5.41) is 54.1. The molecule has 1 fully saturated rings. The van der Waals surface area contributed by atoms with Crippen molar-refractivity contribution >= 4 is 5.91 Å². The van der Waals surface area contributed by atoms with E-state index in [2.05, 4.69) is 92.1 Å². The lowest BCUT2D eigenvalue weighted by Crippen LogP contribution is -2.60. The Morgan fingerprint density at radius 2 is 0.886 bits per heavy atom. The predicted octanol–water partition coefficient (Wildman–Crippen LogP) is 14.5. The van der Waals surface area contributed by atoms with Crippen LogP contribution in [0.5, 0.6) is 0 Å². The molecule has 0 aliphatic carbocycles. The van der Waals surface area contributed by atoms with Gasteiger partial charge in [-0.05, 0) is 64.2 Å². The van der Waals surface area contributed by atoms with Crippen molar-refractivity contribution in [3.8, 4) is 0 Å². The first-order valence-corrected chi connectivity index (χ1v) is 29.1. The summed E-state index contributed by atoms with van der Waals surface area (Å²) in [6, 6.07) is -0.715. The summed E-state index contributed by atoms with van der Waals surface area (Å²) < 4.78 is 11.2. The lowest BCUT2D eigenvalue weighted by atomic mass is 9.99. The molecule has 1 aliphatic heterocycles. The topological polar surface area (TPSA) is 149 Å². The number of unbranched alkanes of at least 4 members (excludes halogenated alkanes) is 27. The standard InChI is InChI=1S/C61H109NO8/c1-3-5-7-9-11-12-13-14-15-16-17-18-19-20-21-22-23-24-25-26-27-28-29-30-31-32-33-34-35-36-37-38-39-40-41-42-43-44-45-47-49-51-57(65)62-54(55(64)50-48-46-10-8-6-4-2)53-69-61-60(68)59(67)58(66)56(52-63)70-61/h5,7,11-12,14-15,17-18,20-21,23-24,54-56,58-61,63-64,66-68H,3-4,6,8-10,13,16,19,22,25-53H2,1-2H3,(H,62,65)/b7-5-,12-11-,15-14-,18-17-,21-20-,24-23-. The Bertz CT molecular complexity index is 1330. The van der Waals surface area contributed by atoms with Crippen molar-refractivity contribution in [3.63, 3.8) is 0 Å². The molecule has 0 saturated carbocycles. The molecule has 0 aromatic rings. The second-order valence-corrected chi connectivity index (χ2v) is 20.1. The highest BCUT2D eigenvalue weighted by Crippen LogP contribution is 2.23. The van der Waals surface area contributed by atoms with E-state index in [0.717, 1.165) is 77.0 Å². The fraction of sp³-hybridized carbons (Fsp3) is 0.787. The van der Waals surface area contributed by atoms with E-state index < -0.39 is 49.5 Å². The number of nitrogens with one attached hydrogen (secondary N) is 1. The number of hydrogen-bond donors (Lipinski definition) is 6. The number of amides is 1. The van der Waals surface area contributed by atoms with E-state index in [1.807, 2.05) is 0 Å². The second kappa shape index (κ2) is 50.2. The summed E-state index contributed by atoms with van der Waals surface area (Å²) in [5.41, 5.74) is 0. The van der Waals surface area contributed by atoms with Gasteiger partial charge in [0, 0.05) is 6.42 Å². The van der Waals surface area contributed by atoms with Gasteiger partial charge < -0.3 is 40.3 Å². The third-order valence-corrected chi connectivity index (χ3v) is 13.6. The number of allylic oxidation sites excluding steroid dienone is 12. The van der Waals surface area contributed by atoms with Gasteiger partial charge in [-0.25, -0.2) is 0 Å². The number of carbonyl (C=O) groups is 1. The molecule has 7 unspecified atom stereocenters. The van der Waals surface area contributed by atoms with Crippen LogP contribution in [0.4, 0.5) is 0 Å². The van der Waals surface area contributed by atoms with Gasteiger partial charge in [0.2, 0.25) is 5.91 Å². The quantitative estimate of drug-likeness (QED) is 0.0261. The van der Waals surface area contributed by atoms with Crippen molar-refractivity contribution in [2.24, 2.45) is 0 Å². The number of rotatable bonds is 49. The van der Waals surface area contributed by atoms with Crippen molar-refractivity contribution in [1.29, 1.82) is 0 Å². The third-order valence-electron chi connectivity index (χ3n) is 13.6. The number of hydrogen-bond acceptors (Lipinski definition) is 8. The molecule has 406 valence electrons. The zero-order chi connectivity index (χ0) is 50.8. The van der Waals surface area contributed by atoms with Crippen LogP contribution in [0.15, 0.2) is 72.9 Å². The Morgan fingerprint density at radius 1 is 0.500 bits per heavy atom. The Labute approximate surface area is 429 Å². The Balaban J connectivity index is 1.95. The van der Waals surface area contributed by atoms with Crippen molar-refractivity contribution in [2.45, 2.75) is 294 Å². The van der Waals surface area contributed by atoms with Gasteiger partial charge in [0.1, 0.15) is 24.4 Å². The molecule has 1 rings (SSSR count). The SMILES string of the molecule is CC/C=C\C/C=C\C/C=C\C/C=C\C/C=C\C/C=C\CCCCCCCCCCCCCCCCCCCCCCCCC(=O)NC(COC1OC(CO)C(O)C(O)C1O)C(O)CCCCCCCC. The Hall–Kier alpha value is -2.37. The van der Waals surface area contributed by atoms with Gasteiger partial charge in [0.25, 0.3) is 0 Å². The lowest BCUT2D eigenvalue weighted by molar-refractivity contribution is -0.302. The third kappa shape index (κ3) is 39.2. The molecule has 9 heteroatoms. The monoisotopic (exact) mass is 984 g/mol. The van der Waals surface area contributed by atoms with Crippen molar-refractivity contribution in [2.75, 3.05) is 13.2 Å². The van der Waals surface area contributed by atoms with Crippen LogP contribution in [-0.4, -0.2) is 87.5 Å². The minimum absolute atomic E-state index is 0.138. The van der Waals surface area contributed by atoms with E-state index in [4.69, 9.17) is 9.47 Å². The summed E-state index contributed by atoms with van der Waals surface area (Å²) in [6.07, 6.45) is 62.9. The highest BCUT2D eigenvalue weighted by Gasteiger charge is 2.44. The van der Waals surface area contributed by atoms with E-state index in [0.29, 0.717) is 12.8 Å². The molecule has 9 nitrogen and oxygen atoms in total. The number of aliphatic hydroxyl groups is 5. The first kappa shape index (κ1) is 65.6. The molecule has 0 bridgehead atoms. The van der Waals surface area contributed by atoms with Crippen LogP contribution in [0.1, 0.15) is 251 Å². The maximum atomic E-state index is 12.9. The van der Waals surface area contributed by atoms with Crippen molar-refractivity contribution in [3.05, 3.63) is 72.9 Å². The molecule has 70 heavy (non-hydrogen) atoms. The lowest BCUT2D eigenvalue weighted by Gasteiger charge is -2.40. The molecule has 0 aromatic heterocycles.